The van der Waals surface area contributed by atoms with E-state index in [4.69, 9.17) is 16.7 Å². The summed E-state index contributed by atoms with van der Waals surface area (Å²) in [7, 11) is -4.22. The molecule has 1 fully saturated rings. The average molecular weight is 551 g/mol. The van der Waals surface area contributed by atoms with Crippen molar-refractivity contribution >= 4 is 39.3 Å². The molecule has 3 aromatic rings. The first kappa shape index (κ1) is 26.8. The van der Waals surface area contributed by atoms with Crippen molar-refractivity contribution in [2.24, 2.45) is 11.1 Å². The van der Waals surface area contributed by atoms with Crippen molar-refractivity contribution in [1.82, 2.24) is 19.7 Å². The zero-order chi connectivity index (χ0) is 26.7. The van der Waals surface area contributed by atoms with E-state index in [0.29, 0.717) is 10.6 Å². The first-order chi connectivity index (χ1) is 17.5. The molecule has 0 spiro atoms. The fraction of sp³-hybridized carbons (Fsp3) is 0.318. The number of nitrogens with one attached hydrogen (secondary N) is 1. The van der Waals surface area contributed by atoms with E-state index in [0.717, 1.165) is 0 Å². The maximum Gasteiger partial charge on any atom is 0.333 e. The van der Waals surface area contributed by atoms with E-state index in [1.807, 2.05) is 0 Å². The Bertz CT molecular complexity index is 1420. The summed E-state index contributed by atoms with van der Waals surface area (Å²) in [6, 6.07) is 7.15. The van der Waals surface area contributed by atoms with E-state index in [2.05, 4.69) is 24.6 Å². The summed E-state index contributed by atoms with van der Waals surface area (Å²) in [6.07, 6.45) is 1.46. The van der Waals surface area contributed by atoms with Gasteiger partial charge in [0.2, 0.25) is 5.78 Å². The minimum atomic E-state index is -4.22. The molecule has 4 atom stereocenters. The Morgan fingerprint density at radius 2 is 2.03 bits per heavy atom. The predicted octanol–water partition coefficient (Wildman–Crippen LogP) is 0.183. The fourth-order valence-corrected chi connectivity index (χ4v) is 4.57. The second-order valence-corrected chi connectivity index (χ2v) is 10.1. The van der Waals surface area contributed by atoms with Gasteiger partial charge in [0.25, 0.3) is 0 Å². The van der Waals surface area contributed by atoms with Crippen LogP contribution in [0, 0.1) is 5.92 Å². The summed E-state index contributed by atoms with van der Waals surface area (Å²) < 4.78 is 28.0. The molecular weight excluding hydrogens is 528 g/mol. The molecule has 1 aromatic carbocycles. The van der Waals surface area contributed by atoms with Gasteiger partial charge in [0.1, 0.15) is 30.5 Å². The lowest BCUT2D eigenvalue weighted by molar-refractivity contribution is 0.00778. The number of carbonyl (C=O) groups excluding carboxylic acids is 2. The Labute approximate surface area is 216 Å². The standard InChI is InChI=1S/C22H23ClN6O7S/c23-14-3-1-2-12(6-14)18(30)9-29-5-4-16(28-29)20(32)15-8-25-11-26-22(15)27-17-7-13(19(31)21(17)33)10-36-37(24,34)35/h1-6,8,11,13,17,19,21,31,33H,7,9-10H2,(H2,24,34,35)(H,25,26,27)/t13-,17-,19-,21+/m1/s1. The van der Waals surface area contributed by atoms with Crippen LogP contribution in [0.2, 0.25) is 5.02 Å². The molecule has 196 valence electrons. The number of aromatic nitrogens is 4. The van der Waals surface area contributed by atoms with E-state index < -0.39 is 46.9 Å². The lowest BCUT2D eigenvalue weighted by atomic mass is 10.1. The van der Waals surface area contributed by atoms with Crippen LogP contribution in [0.4, 0.5) is 5.82 Å². The van der Waals surface area contributed by atoms with Gasteiger partial charge in [-0.15, -0.1) is 0 Å². The van der Waals surface area contributed by atoms with Crippen molar-refractivity contribution in [3.63, 3.8) is 0 Å². The molecule has 1 aliphatic rings. The molecule has 2 aromatic heterocycles. The number of benzene rings is 1. The topological polar surface area (TPSA) is 200 Å². The molecule has 1 aliphatic carbocycles. The third kappa shape index (κ3) is 6.54. The summed E-state index contributed by atoms with van der Waals surface area (Å²) in [6.45, 7) is -0.533. The third-order valence-corrected chi connectivity index (χ3v) is 6.55. The number of Topliss-reactive ketones (excluding diaryl/α,β-unsaturated/α-hetero) is 1. The highest BCUT2D eigenvalue weighted by molar-refractivity contribution is 7.84. The van der Waals surface area contributed by atoms with E-state index in [1.165, 1.54) is 29.5 Å². The van der Waals surface area contributed by atoms with Gasteiger partial charge in [-0.25, -0.2) is 15.1 Å². The Balaban J connectivity index is 1.46. The normalized spacial score (nSPS) is 21.6. The van der Waals surface area contributed by atoms with Crippen LogP contribution in [-0.4, -0.2) is 74.8 Å². The quantitative estimate of drug-likeness (QED) is 0.251. The smallest absolute Gasteiger partial charge is 0.333 e. The molecule has 0 aliphatic heterocycles. The van der Waals surface area contributed by atoms with E-state index in [1.54, 1.807) is 24.3 Å². The van der Waals surface area contributed by atoms with Gasteiger partial charge < -0.3 is 15.5 Å². The highest BCUT2D eigenvalue weighted by Gasteiger charge is 2.42. The average Bonchev–Trinajstić information content (AvgIpc) is 3.42. The van der Waals surface area contributed by atoms with Crippen molar-refractivity contribution in [2.45, 2.75) is 31.2 Å². The minimum absolute atomic E-state index is 0.0307. The molecule has 0 bridgehead atoms. The number of hydrogen-bond acceptors (Lipinski definition) is 11. The number of ketones is 2. The van der Waals surface area contributed by atoms with Gasteiger partial charge in [-0.05, 0) is 24.6 Å². The SMILES string of the molecule is NS(=O)(=O)OC[C@H]1C[C@@H](Nc2ncncc2C(=O)c2ccn(CC(=O)c3cccc(Cl)c3)n2)[C@H](O)[C@@H]1O. The molecular formula is C22H23ClN6O7S. The zero-order valence-corrected chi connectivity index (χ0v) is 20.7. The number of nitrogens with zero attached hydrogens (tertiary/aromatic N) is 4. The molecule has 1 saturated carbocycles. The van der Waals surface area contributed by atoms with Crippen LogP contribution in [0.25, 0.3) is 0 Å². The Hall–Kier alpha value is -3.27. The number of nitrogens with two attached hydrogens (primary N) is 1. The minimum Gasteiger partial charge on any atom is -0.390 e. The van der Waals surface area contributed by atoms with Crippen LogP contribution in [0.3, 0.4) is 0 Å². The predicted molar refractivity (Wildman–Crippen MR) is 130 cm³/mol. The summed E-state index contributed by atoms with van der Waals surface area (Å²) in [5.74, 6) is -1.45. The van der Waals surface area contributed by atoms with Gasteiger partial charge in [0, 0.05) is 28.9 Å². The molecule has 37 heavy (non-hydrogen) atoms. The number of aliphatic hydroxyl groups excluding tert-OH is 2. The first-order valence-corrected chi connectivity index (χ1v) is 12.8. The maximum absolute atomic E-state index is 13.2. The Morgan fingerprint density at radius 3 is 2.76 bits per heavy atom. The lowest BCUT2D eigenvalue weighted by Crippen LogP contribution is -2.36. The van der Waals surface area contributed by atoms with Crippen molar-refractivity contribution in [3.05, 3.63) is 70.9 Å². The number of anilines is 1. The second kappa shape index (κ2) is 11.0. The third-order valence-electron chi connectivity index (χ3n) is 5.85. The molecule has 0 radical (unpaired) electrons. The van der Waals surface area contributed by atoms with Crippen molar-refractivity contribution in [1.29, 1.82) is 0 Å². The van der Waals surface area contributed by atoms with E-state index in [9.17, 15) is 28.2 Å². The van der Waals surface area contributed by atoms with Gasteiger partial charge in [0.05, 0.1) is 24.3 Å². The van der Waals surface area contributed by atoms with Crippen LogP contribution in [0.5, 0.6) is 0 Å². The van der Waals surface area contributed by atoms with Gasteiger partial charge in [-0.1, -0.05) is 23.7 Å². The van der Waals surface area contributed by atoms with Crippen LogP contribution in [0.1, 0.15) is 32.8 Å². The highest BCUT2D eigenvalue weighted by Crippen LogP contribution is 2.30. The van der Waals surface area contributed by atoms with Gasteiger partial charge >= 0.3 is 10.3 Å². The first-order valence-electron chi connectivity index (χ1n) is 11.0. The fourth-order valence-electron chi connectivity index (χ4n) is 4.01. The summed E-state index contributed by atoms with van der Waals surface area (Å²) in [5, 5.41) is 33.1. The molecule has 15 heteroatoms. The molecule has 0 amide bonds. The number of rotatable bonds is 10. The maximum atomic E-state index is 13.2. The Morgan fingerprint density at radius 1 is 1.24 bits per heavy atom. The summed E-state index contributed by atoms with van der Waals surface area (Å²) in [5.41, 5.74) is 0.479. The molecule has 13 nitrogen and oxygen atoms in total. The van der Waals surface area contributed by atoms with Crippen LogP contribution in [-0.2, 0) is 21.0 Å². The number of aliphatic hydroxyl groups is 2. The number of hydrogen-bond donors (Lipinski definition) is 4. The monoisotopic (exact) mass is 550 g/mol. The van der Waals surface area contributed by atoms with Gasteiger partial charge in [-0.3, -0.25) is 18.5 Å². The molecule has 2 heterocycles. The zero-order valence-electron chi connectivity index (χ0n) is 19.1. The Kier molecular flexibility index (Phi) is 7.96. The van der Waals surface area contributed by atoms with Gasteiger partial charge in [0.15, 0.2) is 5.78 Å². The molecule has 0 saturated heterocycles. The summed E-state index contributed by atoms with van der Waals surface area (Å²) in [4.78, 5) is 33.7. The van der Waals surface area contributed by atoms with Crippen molar-refractivity contribution in [2.75, 3.05) is 11.9 Å². The molecule has 5 N–H and O–H groups in total. The second-order valence-electron chi connectivity index (χ2n) is 8.45. The molecule has 4 rings (SSSR count). The van der Waals surface area contributed by atoms with Crippen LogP contribution >= 0.6 is 11.6 Å². The largest absolute Gasteiger partial charge is 0.390 e. The highest BCUT2D eigenvalue weighted by atomic mass is 35.5. The lowest BCUT2D eigenvalue weighted by Gasteiger charge is -2.19. The van der Waals surface area contributed by atoms with Crippen molar-refractivity contribution in [3.8, 4) is 0 Å². The van der Waals surface area contributed by atoms with E-state index in [-0.39, 0.29) is 35.8 Å². The number of carbonyl (C=O) groups is 2. The van der Waals surface area contributed by atoms with E-state index >= 15 is 0 Å². The summed E-state index contributed by atoms with van der Waals surface area (Å²) >= 11 is 5.94. The van der Waals surface area contributed by atoms with Gasteiger partial charge in [-0.2, -0.15) is 13.5 Å². The van der Waals surface area contributed by atoms with Crippen LogP contribution < -0.4 is 10.5 Å². The number of halogens is 1. The molecule has 0 unspecified atom stereocenters. The van der Waals surface area contributed by atoms with Crippen LogP contribution in [0.15, 0.2) is 49.1 Å². The van der Waals surface area contributed by atoms with Crippen molar-refractivity contribution < 1.29 is 32.4 Å².